The van der Waals surface area contributed by atoms with Crippen LogP contribution in [0.15, 0.2) is 60.9 Å². The molecule has 4 rings (SSSR count). The lowest BCUT2D eigenvalue weighted by Crippen LogP contribution is -2.28. The summed E-state index contributed by atoms with van der Waals surface area (Å²) in [7, 11) is 0. The van der Waals surface area contributed by atoms with Crippen LogP contribution in [0.5, 0.6) is 0 Å². The number of nitrogen functional groups attached to an aromatic ring is 3. The number of amides is 1. The Morgan fingerprint density at radius 1 is 0.667 bits per heavy atom. The van der Waals surface area contributed by atoms with Crippen molar-refractivity contribution in [3.8, 4) is 22.5 Å². The number of nitrogens with one attached hydrogen (secondary N) is 1. The summed E-state index contributed by atoms with van der Waals surface area (Å²) in [6.07, 6.45) is 10.4. The van der Waals surface area contributed by atoms with Crippen LogP contribution in [0.3, 0.4) is 0 Å². The Morgan fingerprint density at radius 2 is 1.12 bits per heavy atom. The van der Waals surface area contributed by atoms with E-state index in [-0.39, 0.29) is 17.8 Å². The lowest BCUT2D eigenvalue weighted by atomic mass is 10.1. The number of nitrogens with zero attached hydrogens (tertiary/aromatic N) is 4. The summed E-state index contributed by atoms with van der Waals surface area (Å²) >= 11 is 0. The molecule has 51 heavy (non-hydrogen) atoms. The van der Waals surface area contributed by atoms with Gasteiger partial charge in [-0.25, -0.2) is 28.7 Å². The quantitative estimate of drug-likeness (QED) is 0.0869. The second kappa shape index (κ2) is 18.1. The van der Waals surface area contributed by atoms with E-state index in [0.29, 0.717) is 40.3 Å². The fourth-order valence-electron chi connectivity index (χ4n) is 5.11. The monoisotopic (exact) mass is 702 g/mol. The van der Waals surface area contributed by atoms with Gasteiger partial charge in [0.05, 0.1) is 29.5 Å². The summed E-state index contributed by atoms with van der Waals surface area (Å²) in [5.41, 5.74) is 19.8. The molecule has 0 atom stereocenters. The van der Waals surface area contributed by atoms with Crippen LogP contribution in [0.25, 0.3) is 22.5 Å². The van der Waals surface area contributed by atoms with E-state index in [2.05, 4.69) is 22.2 Å². The topological polar surface area (TPSA) is 195 Å². The first kappa shape index (κ1) is 40.1. The van der Waals surface area contributed by atoms with Crippen molar-refractivity contribution < 1.29 is 23.9 Å². The molecule has 0 radical (unpaired) electrons. The highest BCUT2D eigenvalue weighted by molar-refractivity contribution is 5.96. The number of benzene rings is 2. The van der Waals surface area contributed by atoms with Crippen LogP contribution in [-0.4, -0.2) is 48.4 Å². The van der Waals surface area contributed by atoms with E-state index in [0.717, 1.165) is 19.3 Å². The number of imidazole rings is 2. The summed E-state index contributed by atoms with van der Waals surface area (Å²) in [4.78, 5) is 45.4. The number of hydrogen-bond acceptors (Lipinski definition) is 10. The largest absolute Gasteiger partial charge is 0.443 e. The number of hydrogen-bond donors (Lipinski definition) is 4. The van der Waals surface area contributed by atoms with Crippen LogP contribution in [0.2, 0.25) is 0 Å². The van der Waals surface area contributed by atoms with Gasteiger partial charge in [0.1, 0.15) is 11.2 Å². The molecule has 13 nitrogen and oxygen atoms in total. The van der Waals surface area contributed by atoms with Crippen LogP contribution in [0.4, 0.5) is 32.9 Å². The van der Waals surface area contributed by atoms with Gasteiger partial charge < -0.3 is 32.0 Å². The Hall–Kier alpha value is -5.33. The van der Waals surface area contributed by atoms with Crippen molar-refractivity contribution in [2.45, 2.75) is 111 Å². The summed E-state index contributed by atoms with van der Waals surface area (Å²) in [5.74, 6) is 0.0586. The van der Waals surface area contributed by atoms with E-state index in [1.165, 1.54) is 47.2 Å². The maximum Gasteiger partial charge on any atom is 0.421 e. The molecular weight excluding hydrogens is 648 g/mol. The number of anilines is 4. The van der Waals surface area contributed by atoms with Gasteiger partial charge in [0.15, 0.2) is 0 Å². The van der Waals surface area contributed by atoms with Crippen molar-refractivity contribution >= 4 is 41.4 Å². The normalized spacial score (nSPS) is 11.4. The number of unbranched alkanes of at least 4 members (excludes halogenated alkanes) is 6. The molecule has 7 N–H and O–H groups in total. The molecule has 0 fully saturated rings. The lowest BCUT2D eigenvalue weighted by molar-refractivity contribution is -0.116. The van der Waals surface area contributed by atoms with Crippen molar-refractivity contribution in [2.24, 2.45) is 0 Å². The smallest absolute Gasteiger partial charge is 0.421 e. The summed E-state index contributed by atoms with van der Waals surface area (Å²) < 4.78 is 13.2. The van der Waals surface area contributed by atoms with Crippen molar-refractivity contribution in [3.63, 3.8) is 0 Å². The maximum absolute atomic E-state index is 12.7. The van der Waals surface area contributed by atoms with Gasteiger partial charge >= 0.3 is 12.2 Å². The Labute approximate surface area is 300 Å². The van der Waals surface area contributed by atoms with Gasteiger partial charge in [-0.3, -0.25) is 4.79 Å². The van der Waals surface area contributed by atoms with Gasteiger partial charge in [-0.05, 0) is 60.1 Å². The third kappa shape index (κ3) is 12.2. The molecule has 0 saturated heterocycles. The van der Waals surface area contributed by atoms with E-state index in [1.807, 2.05) is 30.3 Å². The minimum Gasteiger partial charge on any atom is -0.443 e. The van der Waals surface area contributed by atoms with Crippen molar-refractivity contribution in [1.82, 2.24) is 19.1 Å². The predicted molar refractivity (Wildman–Crippen MR) is 203 cm³/mol. The Balaban J connectivity index is 0.000000302. The van der Waals surface area contributed by atoms with Gasteiger partial charge in [0.25, 0.3) is 0 Å². The Morgan fingerprint density at radius 3 is 1.63 bits per heavy atom. The molecule has 2 aromatic carbocycles. The van der Waals surface area contributed by atoms with Crippen LogP contribution in [-0.2, 0) is 14.3 Å². The first-order valence-electron chi connectivity index (χ1n) is 17.4. The van der Waals surface area contributed by atoms with Gasteiger partial charge in [-0.2, -0.15) is 0 Å². The number of aromatic nitrogens is 4. The number of para-hydroxylation sites is 2. The van der Waals surface area contributed by atoms with Crippen LogP contribution in [0, 0.1) is 0 Å². The zero-order valence-corrected chi connectivity index (χ0v) is 31.0. The van der Waals surface area contributed by atoms with Gasteiger partial charge in [0.2, 0.25) is 17.8 Å². The van der Waals surface area contributed by atoms with Gasteiger partial charge in [-0.1, -0.05) is 81.8 Å². The Bertz CT molecular complexity index is 1760. The molecule has 13 heteroatoms. The first-order valence-corrected chi connectivity index (χ1v) is 17.4. The Kier molecular flexibility index (Phi) is 14.2. The number of ether oxygens (including phenoxy) is 2. The molecule has 276 valence electrons. The average Bonchev–Trinajstić information content (AvgIpc) is 3.62. The minimum absolute atomic E-state index is 0.0356. The third-order valence-electron chi connectivity index (χ3n) is 7.45. The molecular formula is C38H54N8O5. The second-order valence-corrected chi connectivity index (χ2v) is 14.2. The zero-order valence-electron chi connectivity index (χ0n) is 31.0. The van der Waals surface area contributed by atoms with Crippen LogP contribution in [0.1, 0.15) is 99.8 Å². The van der Waals surface area contributed by atoms with E-state index in [1.54, 1.807) is 59.7 Å². The highest BCUT2D eigenvalue weighted by Crippen LogP contribution is 2.31. The standard InChI is InChI=1S/C24H36N4O3.C14H18N4O2/c1-5-6-7-8-9-10-11-16-21(29)27-19-15-13-12-14-18(19)20-17-26-22(25)28(20)23(30)31-24(2,3)4;1-14(2,3)20-13(19)18-11(8-17-12(18)16)9-6-4-5-7-10(9)15/h12-15,17H,5-11,16H2,1-4H3,(H2,25,26)(H,27,29);4-8H,15H2,1-3H3,(H2,16,17). The SMILES string of the molecule is CC(C)(C)OC(=O)n1c(-c2ccccc2N)cnc1N.CCCCCCCCCC(=O)Nc1ccccc1-c1cnc(N)n1C(=O)OC(C)(C)C. The fourth-order valence-corrected chi connectivity index (χ4v) is 5.11. The number of carbonyl (C=O) groups is 3. The second-order valence-electron chi connectivity index (χ2n) is 14.2. The van der Waals surface area contributed by atoms with E-state index < -0.39 is 23.4 Å². The van der Waals surface area contributed by atoms with E-state index in [9.17, 15) is 14.4 Å². The first-order chi connectivity index (χ1) is 24.0. The molecule has 0 aliphatic heterocycles. The lowest BCUT2D eigenvalue weighted by Gasteiger charge is -2.21. The van der Waals surface area contributed by atoms with E-state index >= 15 is 0 Å². The number of rotatable bonds is 11. The zero-order chi connectivity index (χ0) is 37.8. The van der Waals surface area contributed by atoms with Crippen LogP contribution >= 0.6 is 0 Å². The molecule has 2 aromatic heterocycles. The average molecular weight is 703 g/mol. The van der Waals surface area contributed by atoms with Gasteiger partial charge in [-0.15, -0.1) is 0 Å². The summed E-state index contributed by atoms with van der Waals surface area (Å²) in [6, 6.07) is 14.5. The fraction of sp³-hybridized carbons (Fsp3) is 0.447. The van der Waals surface area contributed by atoms with E-state index in [4.69, 9.17) is 26.7 Å². The van der Waals surface area contributed by atoms with Crippen molar-refractivity contribution in [3.05, 3.63) is 60.9 Å². The third-order valence-corrected chi connectivity index (χ3v) is 7.45. The molecule has 0 unspecified atom stereocenters. The molecule has 0 saturated carbocycles. The summed E-state index contributed by atoms with van der Waals surface area (Å²) in [5, 5.41) is 2.97. The van der Waals surface area contributed by atoms with Gasteiger partial charge in [0, 0.05) is 23.2 Å². The number of nitrogens with two attached hydrogens (primary N) is 3. The summed E-state index contributed by atoms with van der Waals surface area (Å²) in [6.45, 7) is 12.9. The molecule has 0 aliphatic carbocycles. The molecule has 0 spiro atoms. The molecule has 0 aliphatic rings. The molecule has 0 bridgehead atoms. The minimum atomic E-state index is -0.671. The molecule has 4 aromatic rings. The van der Waals surface area contributed by atoms with Crippen LogP contribution < -0.4 is 22.5 Å². The molecule has 2 heterocycles. The maximum atomic E-state index is 12.7. The predicted octanol–water partition coefficient (Wildman–Crippen LogP) is 8.49. The highest BCUT2D eigenvalue weighted by atomic mass is 16.6. The number of carbonyl (C=O) groups excluding carboxylic acids is 3. The van der Waals surface area contributed by atoms with Crippen molar-refractivity contribution in [2.75, 3.05) is 22.5 Å². The highest BCUT2D eigenvalue weighted by Gasteiger charge is 2.25. The molecule has 1 amide bonds. The van der Waals surface area contributed by atoms with Crippen molar-refractivity contribution in [1.29, 1.82) is 0 Å².